The molecular weight excluding hydrogens is 241 g/mol. The van der Waals surface area contributed by atoms with Crippen molar-refractivity contribution in [2.45, 2.75) is 51.8 Å². The molecular formula is C16H24FNO. The molecule has 1 fully saturated rings. The molecule has 0 aliphatic carbocycles. The number of halogens is 1. The van der Waals surface area contributed by atoms with Crippen LogP contribution in [0.4, 0.5) is 4.39 Å². The average molecular weight is 265 g/mol. The van der Waals surface area contributed by atoms with Crippen LogP contribution >= 0.6 is 0 Å². The van der Waals surface area contributed by atoms with Crippen molar-refractivity contribution in [3.8, 4) is 0 Å². The van der Waals surface area contributed by atoms with Gasteiger partial charge in [0.1, 0.15) is 5.82 Å². The third-order valence-electron chi connectivity index (χ3n) is 3.89. The molecule has 1 aromatic rings. The average Bonchev–Trinajstić information content (AvgIpc) is 2.39. The fourth-order valence-electron chi connectivity index (χ4n) is 2.67. The van der Waals surface area contributed by atoms with Gasteiger partial charge in [-0.3, -0.25) is 0 Å². The zero-order valence-corrected chi connectivity index (χ0v) is 12.0. The molecule has 0 bridgehead atoms. The van der Waals surface area contributed by atoms with Crippen LogP contribution in [0, 0.1) is 11.7 Å². The second kappa shape index (κ2) is 6.49. The summed E-state index contributed by atoms with van der Waals surface area (Å²) in [5.74, 6) is 0.382. The first-order valence-corrected chi connectivity index (χ1v) is 7.19. The lowest BCUT2D eigenvalue weighted by atomic mass is 9.94. The molecule has 2 rings (SSSR count). The third kappa shape index (κ3) is 4.02. The lowest BCUT2D eigenvalue weighted by Gasteiger charge is -2.34. The van der Waals surface area contributed by atoms with E-state index >= 15 is 0 Å². The Hall–Kier alpha value is -0.930. The normalized spacial score (nSPS) is 25.5. The smallest absolute Gasteiger partial charge is 0.123 e. The van der Waals surface area contributed by atoms with Gasteiger partial charge in [0, 0.05) is 18.7 Å². The number of hydrogen-bond donors (Lipinski definition) is 1. The van der Waals surface area contributed by atoms with Gasteiger partial charge in [0.2, 0.25) is 0 Å². The van der Waals surface area contributed by atoms with Crippen LogP contribution < -0.4 is 5.32 Å². The number of rotatable bonds is 4. The molecule has 2 unspecified atom stereocenters. The maximum absolute atomic E-state index is 13.2. The molecule has 0 saturated carbocycles. The van der Waals surface area contributed by atoms with Crippen molar-refractivity contribution in [2.75, 3.05) is 6.61 Å². The molecule has 0 amide bonds. The first kappa shape index (κ1) is 14.5. The Kier molecular flexibility index (Phi) is 4.94. The molecule has 1 aromatic carbocycles. The van der Waals surface area contributed by atoms with Gasteiger partial charge < -0.3 is 10.1 Å². The highest BCUT2D eigenvalue weighted by molar-refractivity contribution is 5.19. The highest BCUT2D eigenvalue weighted by atomic mass is 19.1. The van der Waals surface area contributed by atoms with E-state index < -0.39 is 0 Å². The van der Waals surface area contributed by atoms with E-state index in [1.165, 1.54) is 6.07 Å². The third-order valence-corrected chi connectivity index (χ3v) is 3.89. The Morgan fingerprint density at radius 1 is 1.32 bits per heavy atom. The van der Waals surface area contributed by atoms with Gasteiger partial charge in [0.25, 0.3) is 0 Å². The van der Waals surface area contributed by atoms with E-state index in [4.69, 9.17) is 4.74 Å². The fourth-order valence-corrected chi connectivity index (χ4v) is 2.67. The van der Waals surface area contributed by atoms with Gasteiger partial charge in [-0.1, -0.05) is 26.0 Å². The first-order valence-electron chi connectivity index (χ1n) is 7.19. The SMILES string of the molecule is CC(C)C1CC(N[C@@H](C)c2cccc(F)c2)CCO1. The van der Waals surface area contributed by atoms with Gasteiger partial charge in [0.15, 0.2) is 0 Å². The molecule has 0 radical (unpaired) electrons. The van der Waals surface area contributed by atoms with Crippen LogP contribution in [0.3, 0.4) is 0 Å². The van der Waals surface area contributed by atoms with Gasteiger partial charge in [-0.2, -0.15) is 0 Å². The maximum atomic E-state index is 13.2. The molecule has 19 heavy (non-hydrogen) atoms. The Morgan fingerprint density at radius 2 is 2.11 bits per heavy atom. The van der Waals surface area contributed by atoms with Crippen molar-refractivity contribution >= 4 is 0 Å². The van der Waals surface area contributed by atoms with E-state index in [1.54, 1.807) is 12.1 Å². The summed E-state index contributed by atoms with van der Waals surface area (Å²) in [4.78, 5) is 0. The summed E-state index contributed by atoms with van der Waals surface area (Å²) in [6.07, 6.45) is 2.41. The van der Waals surface area contributed by atoms with Crippen molar-refractivity contribution in [2.24, 2.45) is 5.92 Å². The number of benzene rings is 1. The largest absolute Gasteiger partial charge is 0.378 e. The van der Waals surface area contributed by atoms with E-state index in [0.29, 0.717) is 18.1 Å². The fraction of sp³-hybridized carbons (Fsp3) is 0.625. The predicted molar refractivity (Wildman–Crippen MR) is 75.6 cm³/mol. The molecule has 0 aromatic heterocycles. The number of nitrogens with one attached hydrogen (secondary N) is 1. The minimum Gasteiger partial charge on any atom is -0.378 e. The molecule has 106 valence electrons. The Balaban J connectivity index is 1.93. The zero-order chi connectivity index (χ0) is 13.8. The standard InChI is InChI=1S/C16H24FNO/c1-11(2)16-10-15(7-8-19-16)18-12(3)13-5-4-6-14(17)9-13/h4-6,9,11-12,15-16,18H,7-8,10H2,1-3H3/t12-,15?,16?/m0/s1. The highest BCUT2D eigenvalue weighted by Crippen LogP contribution is 2.23. The van der Waals surface area contributed by atoms with Gasteiger partial charge in [0.05, 0.1) is 6.10 Å². The van der Waals surface area contributed by atoms with Gasteiger partial charge in [-0.25, -0.2) is 4.39 Å². The van der Waals surface area contributed by atoms with Gasteiger partial charge in [-0.15, -0.1) is 0 Å². The first-order chi connectivity index (χ1) is 9.06. The predicted octanol–water partition coefficient (Wildman–Crippen LogP) is 3.68. The number of ether oxygens (including phenoxy) is 1. The molecule has 1 saturated heterocycles. The lowest BCUT2D eigenvalue weighted by molar-refractivity contribution is -0.0257. The summed E-state index contributed by atoms with van der Waals surface area (Å²) in [6, 6.07) is 7.46. The second-order valence-corrected chi connectivity index (χ2v) is 5.82. The Bertz CT molecular complexity index is 407. The summed E-state index contributed by atoms with van der Waals surface area (Å²) in [7, 11) is 0. The van der Waals surface area contributed by atoms with Crippen LogP contribution in [-0.2, 0) is 4.74 Å². The van der Waals surface area contributed by atoms with Crippen LogP contribution in [0.1, 0.15) is 45.2 Å². The second-order valence-electron chi connectivity index (χ2n) is 5.82. The molecule has 1 heterocycles. The van der Waals surface area contributed by atoms with Crippen LogP contribution in [-0.4, -0.2) is 18.8 Å². The van der Waals surface area contributed by atoms with E-state index in [2.05, 4.69) is 26.1 Å². The van der Waals surface area contributed by atoms with Crippen LogP contribution in [0.15, 0.2) is 24.3 Å². The van der Waals surface area contributed by atoms with Crippen LogP contribution in [0.2, 0.25) is 0 Å². The quantitative estimate of drug-likeness (QED) is 0.896. The Morgan fingerprint density at radius 3 is 2.79 bits per heavy atom. The van der Waals surface area contributed by atoms with Gasteiger partial charge in [-0.05, 0) is 43.4 Å². The van der Waals surface area contributed by atoms with Crippen molar-refractivity contribution in [1.29, 1.82) is 0 Å². The summed E-state index contributed by atoms with van der Waals surface area (Å²) >= 11 is 0. The molecule has 1 aliphatic rings. The van der Waals surface area contributed by atoms with Crippen molar-refractivity contribution in [3.05, 3.63) is 35.6 Å². The monoisotopic (exact) mass is 265 g/mol. The molecule has 3 atom stereocenters. The highest BCUT2D eigenvalue weighted by Gasteiger charge is 2.25. The summed E-state index contributed by atoms with van der Waals surface area (Å²) < 4.78 is 19.0. The molecule has 1 aliphatic heterocycles. The van der Waals surface area contributed by atoms with E-state index in [0.717, 1.165) is 25.0 Å². The van der Waals surface area contributed by atoms with Crippen molar-refractivity contribution in [1.82, 2.24) is 5.32 Å². The maximum Gasteiger partial charge on any atom is 0.123 e. The minimum absolute atomic E-state index is 0.168. The van der Waals surface area contributed by atoms with E-state index in [9.17, 15) is 4.39 Å². The molecule has 2 nitrogen and oxygen atoms in total. The zero-order valence-electron chi connectivity index (χ0n) is 12.0. The summed E-state index contributed by atoms with van der Waals surface area (Å²) in [5, 5.41) is 3.60. The number of hydrogen-bond acceptors (Lipinski definition) is 2. The van der Waals surface area contributed by atoms with Crippen molar-refractivity contribution < 1.29 is 9.13 Å². The van der Waals surface area contributed by atoms with E-state index in [1.807, 2.05) is 6.07 Å². The molecule has 1 N–H and O–H groups in total. The van der Waals surface area contributed by atoms with Crippen molar-refractivity contribution in [3.63, 3.8) is 0 Å². The summed E-state index contributed by atoms with van der Waals surface area (Å²) in [5.41, 5.74) is 1.01. The molecule has 0 spiro atoms. The Labute approximate surface area is 115 Å². The molecule has 3 heteroatoms. The van der Waals surface area contributed by atoms with Gasteiger partial charge >= 0.3 is 0 Å². The minimum atomic E-state index is -0.168. The lowest BCUT2D eigenvalue weighted by Crippen LogP contribution is -2.41. The summed E-state index contributed by atoms with van der Waals surface area (Å²) in [6.45, 7) is 7.30. The van der Waals surface area contributed by atoms with Crippen LogP contribution in [0.5, 0.6) is 0 Å². The van der Waals surface area contributed by atoms with Crippen LogP contribution in [0.25, 0.3) is 0 Å². The van der Waals surface area contributed by atoms with E-state index in [-0.39, 0.29) is 11.9 Å². The topological polar surface area (TPSA) is 21.3 Å².